The molecule has 3 aliphatic heterocycles. The van der Waals surface area contributed by atoms with E-state index in [0.717, 1.165) is 70.9 Å². The van der Waals surface area contributed by atoms with Gasteiger partial charge in [0.25, 0.3) is 11.8 Å². The van der Waals surface area contributed by atoms with Gasteiger partial charge in [0.2, 0.25) is 0 Å². The van der Waals surface area contributed by atoms with Gasteiger partial charge < -0.3 is 20.1 Å². The number of aryl methyl sites for hydroxylation is 1. The minimum atomic E-state index is -0.147. The molecule has 0 spiro atoms. The zero-order chi connectivity index (χ0) is 27.1. The van der Waals surface area contributed by atoms with Crippen LogP contribution >= 0.6 is 11.6 Å². The number of fused-ring (bicyclic) bond motifs is 1. The Labute approximate surface area is 235 Å². The average Bonchev–Trinajstić information content (AvgIpc) is 3.63. The molecule has 2 aromatic carbocycles. The number of piperidine rings is 1. The molecule has 1 atom stereocenters. The molecule has 39 heavy (non-hydrogen) atoms. The first kappa shape index (κ1) is 25.9. The molecule has 6 rings (SSSR count). The van der Waals surface area contributed by atoms with Crippen LogP contribution in [0.1, 0.15) is 58.6 Å². The minimum Gasteiger partial charge on any atom is -0.358 e. The summed E-state index contributed by atoms with van der Waals surface area (Å²) in [4.78, 5) is 34.9. The number of halogens is 1. The van der Waals surface area contributed by atoms with Crippen molar-refractivity contribution in [3.8, 4) is 11.1 Å². The van der Waals surface area contributed by atoms with Gasteiger partial charge in [0.1, 0.15) is 0 Å². The first-order chi connectivity index (χ1) is 18.9. The van der Waals surface area contributed by atoms with Crippen molar-refractivity contribution in [3.05, 3.63) is 75.6 Å². The van der Waals surface area contributed by atoms with Gasteiger partial charge in [0.05, 0.1) is 11.1 Å². The summed E-state index contributed by atoms with van der Waals surface area (Å²) in [6.45, 7) is 9.02. The van der Waals surface area contributed by atoms with Gasteiger partial charge in [-0.25, -0.2) is 0 Å². The van der Waals surface area contributed by atoms with E-state index >= 15 is 0 Å². The van der Waals surface area contributed by atoms with E-state index < -0.39 is 0 Å². The number of rotatable bonds is 5. The Kier molecular flexibility index (Phi) is 7.08. The van der Waals surface area contributed by atoms with Crippen LogP contribution in [-0.2, 0) is 4.79 Å². The maximum atomic E-state index is 13.8. The van der Waals surface area contributed by atoms with Crippen molar-refractivity contribution in [2.24, 2.45) is 5.92 Å². The highest BCUT2D eigenvalue weighted by Crippen LogP contribution is 2.41. The average molecular weight is 543 g/mol. The fraction of sp³-hybridized carbons (Fsp3) is 0.375. The summed E-state index contributed by atoms with van der Waals surface area (Å²) in [7, 11) is 0. The Hall–Kier alpha value is -3.35. The number of nitrogens with one attached hydrogen (secondary N) is 2. The number of benzene rings is 2. The van der Waals surface area contributed by atoms with E-state index in [1.54, 1.807) is 0 Å². The predicted molar refractivity (Wildman–Crippen MR) is 158 cm³/mol. The molecule has 3 aromatic rings. The maximum absolute atomic E-state index is 13.8. The summed E-state index contributed by atoms with van der Waals surface area (Å²) in [5, 5.41) is 3.68. The normalized spacial score (nSPS) is 20.5. The van der Waals surface area contributed by atoms with Crippen LogP contribution < -0.4 is 5.32 Å². The number of amides is 2. The van der Waals surface area contributed by atoms with Gasteiger partial charge in [-0.05, 0) is 99.5 Å². The second-order valence-corrected chi connectivity index (χ2v) is 11.6. The lowest BCUT2D eigenvalue weighted by Gasteiger charge is -2.35. The number of aromatic nitrogens is 1. The van der Waals surface area contributed by atoms with Crippen LogP contribution in [-0.4, -0.2) is 59.3 Å². The van der Waals surface area contributed by atoms with E-state index in [1.165, 1.54) is 32.4 Å². The Balaban J connectivity index is 1.29. The van der Waals surface area contributed by atoms with Crippen molar-refractivity contribution >= 4 is 40.8 Å². The monoisotopic (exact) mass is 542 g/mol. The largest absolute Gasteiger partial charge is 0.358 e. The second-order valence-electron chi connectivity index (χ2n) is 11.2. The molecule has 2 fully saturated rings. The highest BCUT2D eigenvalue weighted by atomic mass is 35.5. The van der Waals surface area contributed by atoms with Crippen LogP contribution in [0.2, 0.25) is 5.02 Å². The van der Waals surface area contributed by atoms with E-state index in [4.69, 9.17) is 11.6 Å². The highest BCUT2D eigenvalue weighted by Gasteiger charge is 2.31. The standard InChI is InChI=1S/C32H35ClN4O2/c1-20-28(17-26-30-25(23-10-12-24(33)13-11-23)8-5-9-27(30)35-31(26)38)34-21(2)29(20)32(39)37-16-6-7-22(19-37)18-36-14-3-4-15-36/h5,8-13,17,22,34H,3-4,6-7,14-16,18-19H2,1-2H3,(H,35,38)/t22-/m0/s1. The molecule has 4 heterocycles. The molecule has 7 heteroatoms. The molecule has 1 aromatic heterocycles. The number of hydrogen-bond acceptors (Lipinski definition) is 3. The van der Waals surface area contributed by atoms with Gasteiger partial charge in [0, 0.05) is 47.3 Å². The topological polar surface area (TPSA) is 68.4 Å². The first-order valence-electron chi connectivity index (χ1n) is 14.0. The van der Waals surface area contributed by atoms with Gasteiger partial charge in [0.15, 0.2) is 0 Å². The van der Waals surface area contributed by atoms with Crippen LogP contribution in [0.4, 0.5) is 5.69 Å². The van der Waals surface area contributed by atoms with Gasteiger partial charge in [-0.2, -0.15) is 0 Å². The fourth-order valence-corrected chi connectivity index (χ4v) is 6.65. The summed E-state index contributed by atoms with van der Waals surface area (Å²) in [6, 6.07) is 13.5. The van der Waals surface area contributed by atoms with Crippen molar-refractivity contribution in [1.82, 2.24) is 14.8 Å². The molecule has 2 saturated heterocycles. The lowest BCUT2D eigenvalue weighted by molar-refractivity contribution is -0.110. The van der Waals surface area contributed by atoms with Crippen molar-refractivity contribution < 1.29 is 9.59 Å². The lowest BCUT2D eigenvalue weighted by Crippen LogP contribution is -2.43. The van der Waals surface area contributed by atoms with Crippen LogP contribution in [0.25, 0.3) is 22.8 Å². The van der Waals surface area contributed by atoms with E-state index in [9.17, 15) is 9.59 Å². The third kappa shape index (κ3) is 5.04. The Bertz CT molecular complexity index is 1450. The van der Waals surface area contributed by atoms with Gasteiger partial charge in [-0.3, -0.25) is 9.59 Å². The van der Waals surface area contributed by atoms with Crippen molar-refractivity contribution in [2.75, 3.05) is 38.0 Å². The van der Waals surface area contributed by atoms with Crippen molar-refractivity contribution in [3.63, 3.8) is 0 Å². The van der Waals surface area contributed by atoms with Crippen LogP contribution in [0.3, 0.4) is 0 Å². The number of H-pyrrole nitrogens is 1. The summed E-state index contributed by atoms with van der Waals surface area (Å²) >= 11 is 6.12. The lowest BCUT2D eigenvalue weighted by atomic mass is 9.94. The van der Waals surface area contributed by atoms with Crippen LogP contribution in [0.15, 0.2) is 42.5 Å². The van der Waals surface area contributed by atoms with E-state index in [-0.39, 0.29) is 11.8 Å². The maximum Gasteiger partial charge on any atom is 0.256 e. The summed E-state index contributed by atoms with van der Waals surface area (Å²) in [6.07, 6.45) is 6.71. The van der Waals surface area contributed by atoms with Crippen molar-refractivity contribution in [1.29, 1.82) is 0 Å². The second kappa shape index (κ2) is 10.7. The third-order valence-electron chi connectivity index (χ3n) is 8.48. The predicted octanol–water partition coefficient (Wildman–Crippen LogP) is 6.39. The van der Waals surface area contributed by atoms with E-state index in [2.05, 4.69) is 15.2 Å². The molecule has 3 aliphatic rings. The Morgan fingerprint density at radius 2 is 1.82 bits per heavy atom. The van der Waals surface area contributed by atoms with Gasteiger partial charge in [-0.15, -0.1) is 0 Å². The molecular weight excluding hydrogens is 508 g/mol. The highest BCUT2D eigenvalue weighted by molar-refractivity contribution is 6.36. The Morgan fingerprint density at radius 3 is 2.59 bits per heavy atom. The zero-order valence-electron chi connectivity index (χ0n) is 22.6. The third-order valence-corrected chi connectivity index (χ3v) is 8.73. The Morgan fingerprint density at radius 1 is 1.05 bits per heavy atom. The molecule has 0 bridgehead atoms. The van der Waals surface area contributed by atoms with Crippen LogP contribution in [0, 0.1) is 19.8 Å². The van der Waals surface area contributed by atoms with Crippen molar-refractivity contribution in [2.45, 2.75) is 39.5 Å². The molecule has 0 radical (unpaired) electrons. The summed E-state index contributed by atoms with van der Waals surface area (Å²) in [5.74, 6) is 0.480. The fourth-order valence-electron chi connectivity index (χ4n) is 6.53. The van der Waals surface area contributed by atoms with Crippen LogP contribution in [0.5, 0.6) is 0 Å². The molecular formula is C32H35ClN4O2. The number of anilines is 1. The minimum absolute atomic E-state index is 0.0927. The molecule has 6 nitrogen and oxygen atoms in total. The van der Waals surface area contributed by atoms with E-state index in [1.807, 2.05) is 67.3 Å². The number of aromatic amines is 1. The molecule has 0 saturated carbocycles. The number of carbonyl (C=O) groups excluding carboxylic acids is 2. The smallest absolute Gasteiger partial charge is 0.256 e. The number of carbonyl (C=O) groups is 2. The van der Waals surface area contributed by atoms with Gasteiger partial charge >= 0.3 is 0 Å². The molecule has 0 aliphatic carbocycles. The molecule has 0 unspecified atom stereocenters. The number of likely N-dealkylation sites (tertiary alicyclic amines) is 2. The first-order valence-corrected chi connectivity index (χ1v) is 14.4. The molecule has 2 amide bonds. The molecule has 2 N–H and O–H groups in total. The number of nitrogens with zero attached hydrogens (tertiary/aromatic N) is 2. The quantitative estimate of drug-likeness (QED) is 0.367. The summed E-state index contributed by atoms with van der Waals surface area (Å²) in [5.41, 5.74) is 7.44. The zero-order valence-corrected chi connectivity index (χ0v) is 23.4. The van der Waals surface area contributed by atoms with Gasteiger partial charge in [-0.1, -0.05) is 35.9 Å². The summed E-state index contributed by atoms with van der Waals surface area (Å²) < 4.78 is 0. The SMILES string of the molecule is Cc1[nH]c(C=C2C(=O)Nc3cccc(-c4ccc(Cl)cc4)c32)c(C)c1C(=O)N1CCC[C@@H](CN2CCCC2)C1. The number of hydrogen-bond donors (Lipinski definition) is 2. The molecule has 202 valence electrons. The van der Waals surface area contributed by atoms with E-state index in [0.29, 0.717) is 16.5 Å².